The summed E-state index contributed by atoms with van der Waals surface area (Å²) in [5.74, 6) is -0.196. The summed E-state index contributed by atoms with van der Waals surface area (Å²) in [5, 5.41) is 3.19. The maximum atomic E-state index is 12.1. The molecule has 110 valence electrons. The third kappa shape index (κ3) is 3.56. The molecule has 6 nitrogen and oxygen atoms in total. The summed E-state index contributed by atoms with van der Waals surface area (Å²) < 4.78 is 26.4. The topological polar surface area (TPSA) is 78.5 Å². The first-order valence-electron chi connectivity index (χ1n) is 6.55. The molecule has 0 spiro atoms. The number of carbonyl (C=O) groups excluding carboxylic acids is 1. The Labute approximate surface area is 119 Å². The molecule has 0 aromatic heterocycles. The molecule has 1 amide bonds. The van der Waals surface area contributed by atoms with Crippen molar-refractivity contribution in [2.45, 2.75) is 17.9 Å². The fourth-order valence-electron chi connectivity index (χ4n) is 2.15. The summed E-state index contributed by atoms with van der Waals surface area (Å²) in [6.45, 7) is 3.81. The van der Waals surface area contributed by atoms with Crippen LogP contribution in [0.5, 0.6) is 0 Å². The van der Waals surface area contributed by atoms with E-state index < -0.39 is 10.0 Å². The summed E-state index contributed by atoms with van der Waals surface area (Å²) in [6.07, 6.45) is 0. The predicted octanol–water partition coefficient (Wildman–Crippen LogP) is -0.215. The SMILES string of the molecule is CC1CNCCN1C(=O)CNS(=O)(=O)c1ccccc1. The van der Waals surface area contributed by atoms with E-state index in [2.05, 4.69) is 10.0 Å². The molecule has 1 saturated heterocycles. The zero-order valence-corrected chi connectivity index (χ0v) is 12.2. The molecule has 0 bridgehead atoms. The maximum Gasteiger partial charge on any atom is 0.241 e. The van der Waals surface area contributed by atoms with Crippen molar-refractivity contribution >= 4 is 15.9 Å². The van der Waals surface area contributed by atoms with E-state index in [-0.39, 0.29) is 23.4 Å². The van der Waals surface area contributed by atoms with Gasteiger partial charge in [-0.2, -0.15) is 0 Å². The second-order valence-corrected chi connectivity index (χ2v) is 6.54. The predicted molar refractivity (Wildman–Crippen MR) is 75.7 cm³/mol. The van der Waals surface area contributed by atoms with Crippen LogP contribution in [0, 0.1) is 0 Å². The van der Waals surface area contributed by atoms with Crippen molar-refractivity contribution in [2.75, 3.05) is 26.2 Å². The number of piperazine rings is 1. The lowest BCUT2D eigenvalue weighted by molar-refractivity contribution is -0.132. The highest BCUT2D eigenvalue weighted by molar-refractivity contribution is 7.89. The summed E-state index contributed by atoms with van der Waals surface area (Å²) in [4.78, 5) is 13.9. The lowest BCUT2D eigenvalue weighted by Gasteiger charge is -2.34. The molecule has 1 aromatic carbocycles. The lowest BCUT2D eigenvalue weighted by atomic mass is 10.2. The van der Waals surface area contributed by atoms with E-state index in [1.54, 1.807) is 23.1 Å². The van der Waals surface area contributed by atoms with Crippen molar-refractivity contribution < 1.29 is 13.2 Å². The van der Waals surface area contributed by atoms with Crippen molar-refractivity contribution in [3.63, 3.8) is 0 Å². The number of carbonyl (C=O) groups is 1. The number of hydrogen-bond donors (Lipinski definition) is 2. The van der Waals surface area contributed by atoms with Gasteiger partial charge < -0.3 is 10.2 Å². The minimum absolute atomic E-state index is 0.0810. The smallest absolute Gasteiger partial charge is 0.241 e. The number of sulfonamides is 1. The maximum absolute atomic E-state index is 12.1. The van der Waals surface area contributed by atoms with E-state index >= 15 is 0 Å². The lowest BCUT2D eigenvalue weighted by Crippen LogP contribution is -2.54. The molecule has 2 N–H and O–H groups in total. The number of hydrogen-bond acceptors (Lipinski definition) is 4. The zero-order chi connectivity index (χ0) is 14.6. The van der Waals surface area contributed by atoms with E-state index in [4.69, 9.17) is 0 Å². The quantitative estimate of drug-likeness (QED) is 0.806. The van der Waals surface area contributed by atoms with Gasteiger partial charge in [0.1, 0.15) is 0 Å². The monoisotopic (exact) mass is 297 g/mol. The molecule has 1 aliphatic heterocycles. The third-order valence-corrected chi connectivity index (χ3v) is 4.71. The second-order valence-electron chi connectivity index (χ2n) is 4.78. The van der Waals surface area contributed by atoms with Crippen LogP contribution in [-0.4, -0.2) is 51.4 Å². The standard InChI is InChI=1S/C13H19N3O3S/c1-11-9-14-7-8-16(11)13(17)10-15-20(18,19)12-5-3-2-4-6-12/h2-6,11,14-15H,7-10H2,1H3. The van der Waals surface area contributed by atoms with Gasteiger partial charge in [0.2, 0.25) is 15.9 Å². The van der Waals surface area contributed by atoms with E-state index in [0.29, 0.717) is 6.54 Å². The molecule has 1 unspecified atom stereocenters. The number of amides is 1. The average molecular weight is 297 g/mol. The van der Waals surface area contributed by atoms with Crippen LogP contribution in [0.3, 0.4) is 0 Å². The van der Waals surface area contributed by atoms with Crippen molar-refractivity contribution in [1.29, 1.82) is 0 Å². The van der Waals surface area contributed by atoms with Crippen molar-refractivity contribution in [3.8, 4) is 0 Å². The van der Waals surface area contributed by atoms with Crippen LogP contribution < -0.4 is 10.0 Å². The summed E-state index contributed by atoms with van der Waals surface area (Å²) in [5.41, 5.74) is 0. The van der Waals surface area contributed by atoms with Crippen LogP contribution in [0.4, 0.5) is 0 Å². The van der Waals surface area contributed by atoms with Crippen molar-refractivity contribution in [3.05, 3.63) is 30.3 Å². The van der Waals surface area contributed by atoms with Gasteiger partial charge in [-0.15, -0.1) is 0 Å². The molecule has 2 rings (SSSR count). The summed E-state index contributed by atoms with van der Waals surface area (Å²) in [7, 11) is -3.62. The first-order valence-corrected chi connectivity index (χ1v) is 8.04. The Balaban J connectivity index is 1.96. The zero-order valence-electron chi connectivity index (χ0n) is 11.4. The normalized spacial score (nSPS) is 19.9. The number of rotatable bonds is 4. The summed E-state index contributed by atoms with van der Waals surface area (Å²) >= 11 is 0. The van der Waals surface area contributed by atoms with E-state index in [0.717, 1.165) is 13.1 Å². The molecule has 1 fully saturated rings. The molecule has 7 heteroatoms. The van der Waals surface area contributed by atoms with Gasteiger partial charge in [-0.1, -0.05) is 18.2 Å². The first kappa shape index (κ1) is 15.0. The van der Waals surface area contributed by atoms with Gasteiger partial charge >= 0.3 is 0 Å². The molecule has 0 aliphatic carbocycles. The largest absolute Gasteiger partial charge is 0.336 e. The summed E-state index contributed by atoms with van der Waals surface area (Å²) in [6, 6.07) is 8.12. The Bertz CT molecular complexity index is 559. The Hall–Kier alpha value is -1.44. The Kier molecular flexibility index (Phi) is 4.74. The molecule has 0 saturated carbocycles. The minimum Gasteiger partial charge on any atom is -0.336 e. The highest BCUT2D eigenvalue weighted by Crippen LogP contribution is 2.07. The Morgan fingerprint density at radius 3 is 2.75 bits per heavy atom. The number of benzene rings is 1. The third-order valence-electron chi connectivity index (χ3n) is 3.29. The molecular weight excluding hydrogens is 278 g/mol. The van der Waals surface area contributed by atoms with Gasteiger partial charge in [0.15, 0.2) is 0 Å². The highest BCUT2D eigenvalue weighted by Gasteiger charge is 2.24. The highest BCUT2D eigenvalue weighted by atomic mass is 32.2. The molecule has 1 aromatic rings. The van der Waals surface area contributed by atoms with Crippen LogP contribution in [0.15, 0.2) is 35.2 Å². The molecule has 1 heterocycles. The van der Waals surface area contributed by atoms with Gasteiger partial charge in [-0.3, -0.25) is 4.79 Å². The minimum atomic E-state index is -3.62. The van der Waals surface area contributed by atoms with Crippen molar-refractivity contribution in [2.24, 2.45) is 0 Å². The van der Waals surface area contributed by atoms with E-state index in [1.165, 1.54) is 12.1 Å². The van der Waals surface area contributed by atoms with Gasteiger partial charge in [-0.25, -0.2) is 13.1 Å². The fourth-order valence-corrected chi connectivity index (χ4v) is 3.15. The molecule has 1 aliphatic rings. The Morgan fingerprint density at radius 2 is 2.10 bits per heavy atom. The molecule has 1 atom stereocenters. The molecule has 0 radical (unpaired) electrons. The van der Waals surface area contributed by atoms with Gasteiger partial charge in [-0.05, 0) is 19.1 Å². The first-order chi connectivity index (χ1) is 9.50. The number of nitrogens with zero attached hydrogens (tertiary/aromatic N) is 1. The van der Waals surface area contributed by atoms with E-state index in [9.17, 15) is 13.2 Å². The van der Waals surface area contributed by atoms with E-state index in [1.807, 2.05) is 6.92 Å². The fraction of sp³-hybridized carbons (Fsp3) is 0.462. The second kappa shape index (κ2) is 6.34. The van der Waals surface area contributed by atoms with Crippen LogP contribution in [0.25, 0.3) is 0 Å². The number of nitrogens with one attached hydrogen (secondary N) is 2. The molecule has 20 heavy (non-hydrogen) atoms. The van der Waals surface area contributed by atoms with Gasteiger partial charge in [0.25, 0.3) is 0 Å². The van der Waals surface area contributed by atoms with Gasteiger partial charge in [0, 0.05) is 25.7 Å². The van der Waals surface area contributed by atoms with Crippen molar-refractivity contribution in [1.82, 2.24) is 14.9 Å². The average Bonchev–Trinajstić information content (AvgIpc) is 2.46. The van der Waals surface area contributed by atoms with Crippen LogP contribution >= 0.6 is 0 Å². The Morgan fingerprint density at radius 1 is 1.40 bits per heavy atom. The van der Waals surface area contributed by atoms with Gasteiger partial charge in [0.05, 0.1) is 11.4 Å². The molecular formula is C13H19N3O3S. The van der Waals surface area contributed by atoms with Crippen LogP contribution in [0.1, 0.15) is 6.92 Å². The van der Waals surface area contributed by atoms with Crippen LogP contribution in [-0.2, 0) is 14.8 Å². The van der Waals surface area contributed by atoms with Crippen LogP contribution in [0.2, 0.25) is 0 Å².